The summed E-state index contributed by atoms with van der Waals surface area (Å²) in [6.45, 7) is 4.61. The Balaban J connectivity index is 3.55. The van der Waals surface area contributed by atoms with Crippen LogP contribution < -0.4 is 0 Å². The lowest BCUT2D eigenvalue weighted by atomic mass is 10.1. The van der Waals surface area contributed by atoms with E-state index in [1.165, 1.54) is 12.8 Å². The Morgan fingerprint density at radius 3 is 2.67 bits per heavy atom. The number of hydrogen-bond donors (Lipinski definition) is 0. The third-order valence-corrected chi connectivity index (χ3v) is 1.73. The Morgan fingerprint density at radius 2 is 2.17 bits per heavy atom. The second-order valence-electron chi connectivity index (χ2n) is 2.79. The number of unbranched alkanes of at least 4 members (excludes halogenated alkanes) is 2. The summed E-state index contributed by atoms with van der Waals surface area (Å²) in [5.41, 5.74) is 0. The van der Waals surface area contributed by atoms with Crippen molar-refractivity contribution in [2.24, 2.45) is 0 Å². The highest BCUT2D eigenvalue weighted by atomic mass is 16.5. The molecule has 0 rings (SSSR count). The lowest BCUT2D eigenvalue weighted by Gasteiger charge is -2.09. The van der Waals surface area contributed by atoms with E-state index in [9.17, 15) is 4.79 Å². The van der Waals surface area contributed by atoms with Crippen LogP contribution in [0.4, 0.5) is 0 Å². The topological polar surface area (TPSA) is 26.3 Å². The first-order valence-corrected chi connectivity index (χ1v) is 4.57. The van der Waals surface area contributed by atoms with Gasteiger partial charge in [-0.25, -0.2) is 0 Å². The van der Waals surface area contributed by atoms with Crippen LogP contribution in [0.3, 0.4) is 0 Å². The third-order valence-electron chi connectivity index (χ3n) is 1.73. The zero-order valence-electron chi connectivity index (χ0n) is 7.95. The molecule has 0 N–H and O–H groups in total. The van der Waals surface area contributed by atoms with E-state index in [1.807, 2.05) is 19.1 Å². The summed E-state index contributed by atoms with van der Waals surface area (Å²) < 4.78 is 4.86. The fourth-order valence-corrected chi connectivity index (χ4v) is 1.09. The molecule has 0 spiro atoms. The van der Waals surface area contributed by atoms with E-state index >= 15 is 0 Å². The van der Waals surface area contributed by atoms with Crippen LogP contribution in [0.1, 0.15) is 39.5 Å². The summed E-state index contributed by atoms with van der Waals surface area (Å²) in [6, 6.07) is 0. The summed E-state index contributed by atoms with van der Waals surface area (Å²) in [5, 5.41) is 0. The molecule has 0 aromatic rings. The van der Waals surface area contributed by atoms with E-state index in [2.05, 4.69) is 6.92 Å². The second-order valence-corrected chi connectivity index (χ2v) is 2.79. The molecule has 1 unspecified atom stereocenters. The average molecular weight is 170 g/mol. The first-order chi connectivity index (χ1) is 5.85. The molecule has 1 atom stereocenters. The van der Waals surface area contributed by atoms with Crippen molar-refractivity contribution in [2.45, 2.75) is 45.6 Å². The lowest BCUT2D eigenvalue weighted by molar-refractivity contribution is -0.131. The normalized spacial score (nSPS) is 13.2. The maximum atomic E-state index is 10.1. The van der Waals surface area contributed by atoms with Crippen LogP contribution >= 0.6 is 0 Å². The summed E-state index contributed by atoms with van der Waals surface area (Å²) in [7, 11) is 0. The maximum absolute atomic E-state index is 10.1. The van der Waals surface area contributed by atoms with Gasteiger partial charge in [0.1, 0.15) is 6.10 Å². The Kier molecular flexibility index (Phi) is 7.76. The predicted molar refractivity (Wildman–Crippen MR) is 49.9 cm³/mol. The summed E-state index contributed by atoms with van der Waals surface area (Å²) >= 11 is 0. The molecule has 0 bridgehead atoms. The van der Waals surface area contributed by atoms with Crippen LogP contribution in [0.2, 0.25) is 0 Å². The van der Waals surface area contributed by atoms with E-state index in [1.54, 1.807) is 0 Å². The molecule has 0 aromatic carbocycles. The zero-order valence-corrected chi connectivity index (χ0v) is 7.95. The van der Waals surface area contributed by atoms with E-state index in [0.717, 1.165) is 12.8 Å². The minimum Gasteiger partial charge on any atom is -0.460 e. The number of ether oxygens (including phenoxy) is 1. The van der Waals surface area contributed by atoms with Gasteiger partial charge in [0.2, 0.25) is 0 Å². The lowest BCUT2D eigenvalue weighted by Crippen LogP contribution is -2.08. The largest absolute Gasteiger partial charge is 0.460 e. The summed E-state index contributed by atoms with van der Waals surface area (Å²) in [5.74, 6) is 0. The van der Waals surface area contributed by atoms with E-state index in [0.29, 0.717) is 6.47 Å². The van der Waals surface area contributed by atoms with Crippen molar-refractivity contribution < 1.29 is 9.53 Å². The van der Waals surface area contributed by atoms with E-state index in [4.69, 9.17) is 4.74 Å². The molecule has 0 radical (unpaired) electrons. The Hall–Kier alpha value is -0.790. The number of hydrogen-bond acceptors (Lipinski definition) is 2. The fraction of sp³-hybridized carbons (Fsp3) is 0.700. The molecule has 2 heteroatoms. The van der Waals surface area contributed by atoms with Crippen molar-refractivity contribution in [1.29, 1.82) is 0 Å². The molecule has 0 saturated carbocycles. The van der Waals surface area contributed by atoms with Crippen LogP contribution in [0.5, 0.6) is 0 Å². The molecular formula is C10H18O2. The van der Waals surface area contributed by atoms with Crippen molar-refractivity contribution in [3.63, 3.8) is 0 Å². The molecule has 0 fully saturated rings. The summed E-state index contributed by atoms with van der Waals surface area (Å²) in [4.78, 5) is 10.1. The highest BCUT2D eigenvalue weighted by Gasteiger charge is 2.02. The van der Waals surface area contributed by atoms with Gasteiger partial charge in [-0.2, -0.15) is 0 Å². The standard InChI is InChI=1S/C10H18O2/c1-3-5-6-8-10(7-4-2)12-9-11/h4,7,9-10H,3,5-6,8H2,1-2H3. The molecule has 0 aliphatic heterocycles. The van der Waals surface area contributed by atoms with Crippen LogP contribution in [0, 0.1) is 0 Å². The zero-order chi connectivity index (χ0) is 9.23. The van der Waals surface area contributed by atoms with Crippen molar-refractivity contribution >= 4 is 6.47 Å². The number of rotatable bonds is 7. The molecule has 0 aliphatic rings. The molecule has 0 amide bonds. The highest BCUT2D eigenvalue weighted by molar-refractivity contribution is 5.37. The Labute approximate surface area is 74.6 Å². The molecule has 2 nitrogen and oxygen atoms in total. The predicted octanol–water partition coefficient (Wildman–Crippen LogP) is 2.68. The molecule has 70 valence electrons. The second kappa shape index (κ2) is 8.31. The first kappa shape index (κ1) is 11.2. The van der Waals surface area contributed by atoms with Gasteiger partial charge < -0.3 is 4.74 Å². The monoisotopic (exact) mass is 170 g/mol. The van der Waals surface area contributed by atoms with Gasteiger partial charge in [0.05, 0.1) is 0 Å². The first-order valence-electron chi connectivity index (χ1n) is 4.57. The minimum absolute atomic E-state index is 0.0148. The molecule has 0 aromatic heterocycles. The SMILES string of the molecule is CC=CC(CCCCC)OC=O. The maximum Gasteiger partial charge on any atom is 0.293 e. The minimum atomic E-state index is -0.0148. The van der Waals surface area contributed by atoms with Crippen molar-refractivity contribution in [3.8, 4) is 0 Å². The van der Waals surface area contributed by atoms with E-state index < -0.39 is 0 Å². The van der Waals surface area contributed by atoms with Crippen LogP contribution in [-0.4, -0.2) is 12.6 Å². The van der Waals surface area contributed by atoms with E-state index in [-0.39, 0.29) is 6.10 Å². The highest BCUT2D eigenvalue weighted by Crippen LogP contribution is 2.07. The molecule has 12 heavy (non-hydrogen) atoms. The van der Waals surface area contributed by atoms with Gasteiger partial charge in [0.15, 0.2) is 0 Å². The van der Waals surface area contributed by atoms with Gasteiger partial charge in [-0.15, -0.1) is 0 Å². The van der Waals surface area contributed by atoms with Gasteiger partial charge in [-0.3, -0.25) is 4.79 Å². The molecular weight excluding hydrogens is 152 g/mol. The quantitative estimate of drug-likeness (QED) is 0.333. The number of carbonyl (C=O) groups is 1. The van der Waals surface area contributed by atoms with Crippen LogP contribution in [0.15, 0.2) is 12.2 Å². The van der Waals surface area contributed by atoms with Gasteiger partial charge in [0.25, 0.3) is 6.47 Å². The Bertz CT molecular complexity index is 130. The van der Waals surface area contributed by atoms with Gasteiger partial charge in [-0.1, -0.05) is 25.8 Å². The third kappa shape index (κ3) is 5.96. The Morgan fingerprint density at radius 1 is 1.42 bits per heavy atom. The van der Waals surface area contributed by atoms with Gasteiger partial charge >= 0.3 is 0 Å². The van der Waals surface area contributed by atoms with Crippen molar-refractivity contribution in [3.05, 3.63) is 12.2 Å². The number of allylic oxidation sites excluding steroid dienone is 1. The molecule has 0 aliphatic carbocycles. The summed E-state index contributed by atoms with van der Waals surface area (Å²) in [6.07, 6.45) is 8.29. The molecule has 0 saturated heterocycles. The average Bonchev–Trinajstić information content (AvgIpc) is 2.06. The van der Waals surface area contributed by atoms with Crippen molar-refractivity contribution in [1.82, 2.24) is 0 Å². The van der Waals surface area contributed by atoms with Crippen LogP contribution in [-0.2, 0) is 9.53 Å². The fourth-order valence-electron chi connectivity index (χ4n) is 1.09. The smallest absolute Gasteiger partial charge is 0.293 e. The molecule has 0 heterocycles. The van der Waals surface area contributed by atoms with Gasteiger partial charge in [0, 0.05) is 0 Å². The number of carbonyl (C=O) groups excluding carboxylic acids is 1. The van der Waals surface area contributed by atoms with Gasteiger partial charge in [-0.05, 0) is 25.8 Å². The van der Waals surface area contributed by atoms with Crippen LogP contribution in [0.25, 0.3) is 0 Å². The van der Waals surface area contributed by atoms with Crippen molar-refractivity contribution in [2.75, 3.05) is 0 Å².